The van der Waals surface area contributed by atoms with Gasteiger partial charge in [-0.15, -0.1) is 0 Å². The molecule has 0 saturated carbocycles. The van der Waals surface area contributed by atoms with Crippen LogP contribution in [0.5, 0.6) is 5.75 Å². The summed E-state index contributed by atoms with van der Waals surface area (Å²) in [6, 6.07) is 19.2. The molecule has 106 valence electrons. The lowest BCUT2D eigenvalue weighted by Gasteiger charge is -2.14. The van der Waals surface area contributed by atoms with Crippen LogP contribution in [0.25, 0.3) is 22.4 Å². The maximum Gasteiger partial charge on any atom is 0.168 e. The molecule has 4 rings (SSSR count). The first-order chi connectivity index (χ1) is 10.8. The van der Waals surface area contributed by atoms with Crippen LogP contribution in [0.15, 0.2) is 60.7 Å². The van der Waals surface area contributed by atoms with Crippen LogP contribution in [0.4, 0.5) is 0 Å². The number of Topliss-reactive ketones (excluding diaryl/α,β-unsaturated/α-hetero) is 1. The van der Waals surface area contributed by atoms with Gasteiger partial charge in [0.15, 0.2) is 5.78 Å². The Hall–Kier alpha value is -2.87. The van der Waals surface area contributed by atoms with E-state index in [1.165, 1.54) is 0 Å². The molecular weight excluding hydrogens is 272 g/mol. The van der Waals surface area contributed by atoms with E-state index in [0.717, 1.165) is 21.2 Å². The number of rotatable bonds is 1. The quantitative estimate of drug-likeness (QED) is 0.746. The minimum Gasteiger partial charge on any atom is -0.507 e. The van der Waals surface area contributed by atoms with Crippen LogP contribution in [0.2, 0.25) is 0 Å². The van der Waals surface area contributed by atoms with Gasteiger partial charge in [0, 0.05) is 17.6 Å². The highest BCUT2D eigenvalue weighted by Gasteiger charge is 2.20. The third-order valence-corrected chi connectivity index (χ3v) is 4.17. The third-order valence-electron chi connectivity index (χ3n) is 4.17. The Labute approximate surface area is 127 Å². The summed E-state index contributed by atoms with van der Waals surface area (Å²) in [5.74, 6) is 0.198. The molecule has 0 bridgehead atoms. The number of ketones is 1. The molecular formula is C20H14O2. The van der Waals surface area contributed by atoms with E-state index in [2.05, 4.69) is 0 Å². The van der Waals surface area contributed by atoms with Crippen molar-refractivity contribution < 1.29 is 9.90 Å². The third kappa shape index (κ3) is 1.85. The van der Waals surface area contributed by atoms with Crippen molar-refractivity contribution in [3.8, 4) is 5.75 Å². The number of carbonyl (C=O) groups is 1. The maximum atomic E-state index is 12.6. The van der Waals surface area contributed by atoms with Crippen molar-refractivity contribution in [2.45, 2.75) is 6.42 Å². The molecule has 0 heterocycles. The van der Waals surface area contributed by atoms with Crippen LogP contribution < -0.4 is 10.4 Å². The van der Waals surface area contributed by atoms with E-state index in [4.69, 9.17) is 0 Å². The monoisotopic (exact) mass is 286 g/mol. The number of hydrogen-bond acceptors (Lipinski definition) is 2. The zero-order valence-corrected chi connectivity index (χ0v) is 11.9. The van der Waals surface area contributed by atoms with Gasteiger partial charge in [0.25, 0.3) is 0 Å². The molecule has 0 fully saturated rings. The molecule has 0 unspecified atom stereocenters. The molecule has 2 heteroatoms. The molecule has 22 heavy (non-hydrogen) atoms. The smallest absolute Gasteiger partial charge is 0.168 e. The summed E-state index contributed by atoms with van der Waals surface area (Å²) in [5, 5.41) is 14.3. The van der Waals surface area contributed by atoms with E-state index in [9.17, 15) is 9.90 Å². The Morgan fingerprint density at radius 2 is 1.64 bits per heavy atom. The SMILES string of the molecule is O=C1CC=c2ccccc2=C1c1c(O)ccc2ccccc12. The van der Waals surface area contributed by atoms with Gasteiger partial charge >= 0.3 is 0 Å². The average molecular weight is 286 g/mol. The number of phenolic OH excluding ortho intramolecular Hbond substituents is 1. The van der Waals surface area contributed by atoms with Gasteiger partial charge in [0.05, 0.1) is 0 Å². The van der Waals surface area contributed by atoms with Crippen molar-refractivity contribution in [3.63, 3.8) is 0 Å². The minimum atomic E-state index is 0.0466. The molecule has 0 aromatic heterocycles. The van der Waals surface area contributed by atoms with Crippen LogP contribution in [-0.4, -0.2) is 10.9 Å². The largest absolute Gasteiger partial charge is 0.507 e. The van der Waals surface area contributed by atoms with E-state index in [0.29, 0.717) is 17.6 Å². The van der Waals surface area contributed by atoms with Gasteiger partial charge < -0.3 is 5.11 Å². The van der Waals surface area contributed by atoms with Crippen molar-refractivity contribution in [1.82, 2.24) is 0 Å². The van der Waals surface area contributed by atoms with E-state index >= 15 is 0 Å². The summed E-state index contributed by atoms with van der Waals surface area (Å²) in [4.78, 5) is 12.6. The second-order valence-electron chi connectivity index (χ2n) is 5.47. The van der Waals surface area contributed by atoms with E-state index < -0.39 is 0 Å². The number of hydrogen-bond donors (Lipinski definition) is 1. The summed E-state index contributed by atoms with van der Waals surface area (Å²) in [7, 11) is 0. The summed E-state index contributed by atoms with van der Waals surface area (Å²) in [5.41, 5.74) is 1.26. The summed E-state index contributed by atoms with van der Waals surface area (Å²) in [6.07, 6.45) is 2.32. The fraction of sp³-hybridized carbons (Fsp3) is 0.0500. The van der Waals surface area contributed by atoms with Gasteiger partial charge in [-0.3, -0.25) is 4.79 Å². The van der Waals surface area contributed by atoms with Crippen LogP contribution in [0.1, 0.15) is 12.0 Å². The fourth-order valence-electron chi connectivity index (χ4n) is 3.15. The first kappa shape index (κ1) is 12.8. The Balaban J connectivity index is 2.23. The molecule has 2 nitrogen and oxygen atoms in total. The first-order valence-corrected chi connectivity index (χ1v) is 7.29. The van der Waals surface area contributed by atoms with Crippen LogP contribution in [0.3, 0.4) is 0 Å². The molecule has 0 amide bonds. The lowest BCUT2D eigenvalue weighted by Crippen LogP contribution is -2.33. The molecule has 0 spiro atoms. The molecule has 0 saturated heterocycles. The molecule has 1 aliphatic carbocycles. The van der Waals surface area contributed by atoms with Gasteiger partial charge in [0.1, 0.15) is 5.75 Å². The van der Waals surface area contributed by atoms with Crippen LogP contribution >= 0.6 is 0 Å². The molecule has 3 aromatic carbocycles. The van der Waals surface area contributed by atoms with E-state index in [1.54, 1.807) is 6.07 Å². The summed E-state index contributed by atoms with van der Waals surface area (Å²) in [6.45, 7) is 0. The van der Waals surface area contributed by atoms with Crippen molar-refractivity contribution in [3.05, 3.63) is 76.7 Å². The van der Waals surface area contributed by atoms with Gasteiger partial charge in [-0.05, 0) is 27.3 Å². The van der Waals surface area contributed by atoms with Crippen molar-refractivity contribution in [2.75, 3.05) is 0 Å². The second-order valence-corrected chi connectivity index (χ2v) is 5.47. The zero-order chi connectivity index (χ0) is 15.1. The fourth-order valence-corrected chi connectivity index (χ4v) is 3.15. The average Bonchev–Trinajstić information content (AvgIpc) is 2.56. The van der Waals surface area contributed by atoms with Gasteiger partial charge in [0.2, 0.25) is 0 Å². The zero-order valence-electron chi connectivity index (χ0n) is 11.9. The molecule has 1 N–H and O–H groups in total. The summed E-state index contributed by atoms with van der Waals surface area (Å²) >= 11 is 0. The maximum absolute atomic E-state index is 12.6. The first-order valence-electron chi connectivity index (χ1n) is 7.29. The van der Waals surface area contributed by atoms with Crippen molar-refractivity contribution >= 4 is 28.2 Å². The number of carbonyl (C=O) groups excluding carboxylic acids is 1. The Bertz CT molecular complexity index is 1030. The van der Waals surface area contributed by atoms with Crippen molar-refractivity contribution in [1.29, 1.82) is 0 Å². The predicted octanol–water partition coefficient (Wildman–Crippen LogP) is 2.50. The number of aromatic hydroxyl groups is 1. The number of benzene rings is 3. The van der Waals surface area contributed by atoms with Crippen LogP contribution in [0, 0.1) is 0 Å². The molecule has 0 atom stereocenters. The van der Waals surface area contributed by atoms with Gasteiger partial charge in [-0.2, -0.15) is 0 Å². The van der Waals surface area contributed by atoms with E-state index in [-0.39, 0.29) is 11.5 Å². The summed E-state index contributed by atoms with van der Waals surface area (Å²) < 4.78 is 0. The predicted molar refractivity (Wildman–Crippen MR) is 87.9 cm³/mol. The highest BCUT2D eigenvalue weighted by atomic mass is 16.3. The Morgan fingerprint density at radius 1 is 0.864 bits per heavy atom. The van der Waals surface area contributed by atoms with Crippen LogP contribution in [-0.2, 0) is 4.79 Å². The highest BCUT2D eigenvalue weighted by Crippen LogP contribution is 2.33. The lowest BCUT2D eigenvalue weighted by molar-refractivity contribution is -0.112. The number of phenols is 1. The molecule has 1 aliphatic rings. The standard InChI is InChI=1S/C20H14O2/c21-17-11-9-13-5-1-3-7-15(13)19(17)20-16-8-4-2-6-14(16)10-12-18(20)22/h1-11,21H,12H2. The Morgan fingerprint density at radius 3 is 2.55 bits per heavy atom. The molecule has 0 aliphatic heterocycles. The van der Waals surface area contributed by atoms with Gasteiger partial charge in [-0.1, -0.05) is 60.7 Å². The van der Waals surface area contributed by atoms with Crippen molar-refractivity contribution in [2.24, 2.45) is 0 Å². The topological polar surface area (TPSA) is 37.3 Å². The minimum absolute atomic E-state index is 0.0466. The number of fused-ring (bicyclic) bond motifs is 2. The molecule has 3 aromatic rings. The molecule has 0 radical (unpaired) electrons. The lowest BCUT2D eigenvalue weighted by atomic mass is 9.89. The van der Waals surface area contributed by atoms with Gasteiger partial charge in [-0.25, -0.2) is 0 Å². The normalized spacial score (nSPS) is 13.8. The van der Waals surface area contributed by atoms with E-state index in [1.807, 2.05) is 60.7 Å². The highest BCUT2D eigenvalue weighted by molar-refractivity contribution is 6.26. The Kier molecular flexibility index (Phi) is 2.83. The second kappa shape index (κ2) is 4.85.